The third kappa shape index (κ3) is 3.04. The summed E-state index contributed by atoms with van der Waals surface area (Å²) in [6, 6.07) is 4.21. The fraction of sp³-hybridized carbons (Fsp3) is 0.438. The van der Waals surface area contributed by atoms with E-state index in [1.165, 1.54) is 16.8 Å². The second-order valence-electron chi connectivity index (χ2n) is 5.29. The highest BCUT2D eigenvalue weighted by atomic mass is 32.1. The molecule has 2 aromatic rings. The summed E-state index contributed by atoms with van der Waals surface area (Å²) in [5.74, 6) is 1.63. The maximum atomic E-state index is 5.40. The van der Waals surface area contributed by atoms with Gasteiger partial charge in [-0.05, 0) is 36.6 Å². The van der Waals surface area contributed by atoms with Gasteiger partial charge in [-0.3, -0.25) is 4.90 Å². The molecule has 0 saturated heterocycles. The summed E-state index contributed by atoms with van der Waals surface area (Å²) in [7, 11) is 3.37. The molecule has 0 spiro atoms. The van der Waals surface area contributed by atoms with Crippen LogP contribution in [0.25, 0.3) is 0 Å². The van der Waals surface area contributed by atoms with Crippen LogP contribution in [0.1, 0.15) is 21.8 Å². The highest BCUT2D eigenvalue weighted by Crippen LogP contribution is 2.33. The molecule has 4 nitrogen and oxygen atoms in total. The van der Waals surface area contributed by atoms with Crippen molar-refractivity contribution in [1.82, 2.24) is 9.88 Å². The number of nitrogens with zero attached hydrogens (tertiary/aromatic N) is 2. The van der Waals surface area contributed by atoms with E-state index in [9.17, 15) is 0 Å². The molecule has 1 aliphatic heterocycles. The molecule has 0 atom stereocenters. The van der Waals surface area contributed by atoms with Gasteiger partial charge in [-0.25, -0.2) is 4.98 Å². The van der Waals surface area contributed by atoms with E-state index in [-0.39, 0.29) is 0 Å². The zero-order valence-electron chi connectivity index (χ0n) is 12.7. The van der Waals surface area contributed by atoms with Crippen LogP contribution < -0.4 is 9.47 Å². The molecule has 0 amide bonds. The zero-order chi connectivity index (χ0) is 14.8. The average molecular weight is 304 g/mol. The first-order chi connectivity index (χ1) is 10.2. The number of ether oxygens (including phenoxy) is 2. The number of hydrogen-bond acceptors (Lipinski definition) is 5. The van der Waals surface area contributed by atoms with Gasteiger partial charge in [-0.15, -0.1) is 11.3 Å². The van der Waals surface area contributed by atoms with Crippen molar-refractivity contribution in [3.8, 4) is 11.5 Å². The molecule has 0 unspecified atom stereocenters. The molecule has 0 saturated carbocycles. The van der Waals surface area contributed by atoms with Crippen molar-refractivity contribution in [2.24, 2.45) is 0 Å². The number of benzene rings is 1. The van der Waals surface area contributed by atoms with Crippen LogP contribution in [-0.4, -0.2) is 30.6 Å². The molecule has 0 bridgehead atoms. The molecule has 112 valence electrons. The summed E-state index contributed by atoms with van der Waals surface area (Å²) >= 11 is 1.72. The van der Waals surface area contributed by atoms with Gasteiger partial charge < -0.3 is 9.47 Å². The Morgan fingerprint density at radius 1 is 1.19 bits per heavy atom. The van der Waals surface area contributed by atoms with Gasteiger partial charge in [0, 0.05) is 25.0 Å². The molecule has 0 fully saturated rings. The summed E-state index contributed by atoms with van der Waals surface area (Å²) in [5, 5.41) is 3.29. The lowest BCUT2D eigenvalue weighted by atomic mass is 9.98. The first-order valence-corrected chi connectivity index (χ1v) is 7.94. The van der Waals surface area contributed by atoms with Crippen LogP contribution in [0, 0.1) is 6.92 Å². The molecular weight excluding hydrogens is 284 g/mol. The molecule has 0 N–H and O–H groups in total. The first-order valence-electron chi connectivity index (χ1n) is 7.06. The highest BCUT2D eigenvalue weighted by Gasteiger charge is 2.20. The number of aromatic nitrogens is 1. The van der Waals surface area contributed by atoms with Crippen LogP contribution in [0.4, 0.5) is 0 Å². The Balaban J connectivity index is 1.78. The van der Waals surface area contributed by atoms with E-state index in [4.69, 9.17) is 9.47 Å². The lowest BCUT2D eigenvalue weighted by molar-refractivity contribution is 0.241. The van der Waals surface area contributed by atoms with Crippen molar-refractivity contribution in [2.75, 3.05) is 20.8 Å². The summed E-state index contributed by atoms with van der Waals surface area (Å²) < 4.78 is 10.8. The van der Waals surface area contributed by atoms with E-state index in [2.05, 4.69) is 34.3 Å². The zero-order valence-corrected chi connectivity index (χ0v) is 13.5. The Morgan fingerprint density at radius 2 is 1.90 bits per heavy atom. The molecule has 5 heteroatoms. The maximum Gasteiger partial charge on any atom is 0.161 e. The van der Waals surface area contributed by atoms with Crippen LogP contribution in [0.5, 0.6) is 11.5 Å². The molecule has 3 rings (SSSR count). The summed E-state index contributed by atoms with van der Waals surface area (Å²) in [6.45, 7) is 4.96. The second kappa shape index (κ2) is 6.03. The molecule has 1 aromatic carbocycles. The number of hydrogen-bond donors (Lipinski definition) is 0. The molecule has 2 heterocycles. The van der Waals surface area contributed by atoms with Gasteiger partial charge in [-0.1, -0.05) is 0 Å². The number of thiazole rings is 1. The number of aryl methyl sites for hydroxylation is 1. The molecule has 0 aliphatic carbocycles. The van der Waals surface area contributed by atoms with E-state index < -0.39 is 0 Å². The summed E-state index contributed by atoms with van der Waals surface area (Å²) in [4.78, 5) is 6.99. The van der Waals surface area contributed by atoms with E-state index >= 15 is 0 Å². The summed E-state index contributed by atoms with van der Waals surface area (Å²) in [6.07, 6.45) is 1.04. The second-order valence-corrected chi connectivity index (χ2v) is 6.36. The average Bonchev–Trinajstić information content (AvgIpc) is 2.90. The fourth-order valence-corrected chi connectivity index (χ4v) is 3.39. The summed E-state index contributed by atoms with van der Waals surface area (Å²) in [5.41, 5.74) is 3.85. The van der Waals surface area contributed by atoms with Crippen LogP contribution >= 0.6 is 11.3 Å². The number of methoxy groups -OCH3 is 2. The third-order valence-electron chi connectivity index (χ3n) is 3.85. The Bertz CT molecular complexity index is 639. The largest absolute Gasteiger partial charge is 0.493 e. The van der Waals surface area contributed by atoms with Gasteiger partial charge >= 0.3 is 0 Å². The van der Waals surface area contributed by atoms with Gasteiger partial charge in [0.25, 0.3) is 0 Å². The predicted molar refractivity (Wildman–Crippen MR) is 84.2 cm³/mol. The van der Waals surface area contributed by atoms with Gasteiger partial charge in [0.2, 0.25) is 0 Å². The predicted octanol–water partition coefficient (Wildman–Crippen LogP) is 3.03. The van der Waals surface area contributed by atoms with Gasteiger partial charge in [0.1, 0.15) is 0 Å². The van der Waals surface area contributed by atoms with Crippen molar-refractivity contribution in [3.05, 3.63) is 39.3 Å². The first kappa shape index (κ1) is 14.4. The number of fused-ring (bicyclic) bond motifs is 1. The third-order valence-corrected chi connectivity index (χ3v) is 4.67. The Morgan fingerprint density at radius 3 is 2.52 bits per heavy atom. The van der Waals surface area contributed by atoms with Crippen molar-refractivity contribution < 1.29 is 9.47 Å². The Hall–Kier alpha value is -1.59. The molecule has 1 aromatic heterocycles. The van der Waals surface area contributed by atoms with E-state index in [0.29, 0.717) is 0 Å². The Kier molecular flexibility index (Phi) is 4.12. The maximum absolute atomic E-state index is 5.40. The minimum atomic E-state index is 0.808. The van der Waals surface area contributed by atoms with Gasteiger partial charge in [-0.2, -0.15) is 0 Å². The quantitative estimate of drug-likeness (QED) is 0.869. The smallest absolute Gasteiger partial charge is 0.161 e. The van der Waals surface area contributed by atoms with Crippen molar-refractivity contribution in [3.63, 3.8) is 0 Å². The van der Waals surface area contributed by atoms with Crippen LogP contribution in [0.3, 0.4) is 0 Å². The fourth-order valence-electron chi connectivity index (χ4n) is 2.79. The van der Waals surface area contributed by atoms with Gasteiger partial charge in [0.15, 0.2) is 11.5 Å². The lowest BCUT2D eigenvalue weighted by Gasteiger charge is -2.29. The molecular formula is C16H20N2O2S. The van der Waals surface area contributed by atoms with Crippen molar-refractivity contribution >= 4 is 11.3 Å². The SMILES string of the molecule is COc1cc2c(cc1OC)CN(Cc1csc(C)n1)CC2. The normalized spacial score (nSPS) is 14.8. The van der Waals surface area contributed by atoms with Crippen molar-refractivity contribution in [1.29, 1.82) is 0 Å². The molecule has 1 aliphatic rings. The molecule has 0 radical (unpaired) electrons. The van der Waals surface area contributed by atoms with E-state index in [0.717, 1.165) is 42.6 Å². The van der Waals surface area contributed by atoms with Crippen molar-refractivity contribution in [2.45, 2.75) is 26.4 Å². The van der Waals surface area contributed by atoms with Crippen LogP contribution in [0.2, 0.25) is 0 Å². The highest BCUT2D eigenvalue weighted by molar-refractivity contribution is 7.09. The van der Waals surface area contributed by atoms with Gasteiger partial charge in [0.05, 0.1) is 24.9 Å². The van der Waals surface area contributed by atoms with E-state index in [1.54, 1.807) is 25.6 Å². The lowest BCUT2D eigenvalue weighted by Crippen LogP contribution is -2.30. The number of rotatable bonds is 4. The Labute approximate surface area is 129 Å². The van der Waals surface area contributed by atoms with E-state index in [1.807, 2.05) is 0 Å². The molecule has 21 heavy (non-hydrogen) atoms. The van der Waals surface area contributed by atoms with Crippen LogP contribution in [0.15, 0.2) is 17.5 Å². The topological polar surface area (TPSA) is 34.6 Å². The minimum Gasteiger partial charge on any atom is -0.493 e. The standard InChI is InChI=1S/C16H20N2O2S/c1-11-17-14(10-21-11)9-18-5-4-12-6-15(19-2)16(20-3)7-13(12)8-18/h6-7,10H,4-5,8-9H2,1-3H3. The monoisotopic (exact) mass is 304 g/mol. The minimum absolute atomic E-state index is 0.808. The van der Waals surface area contributed by atoms with Crippen LogP contribution in [-0.2, 0) is 19.5 Å².